The third kappa shape index (κ3) is 2.77. The maximum atomic E-state index is 11.9. The van der Waals surface area contributed by atoms with Gasteiger partial charge in [-0.1, -0.05) is 42.5 Å². The molecule has 0 spiro atoms. The molecule has 1 aromatic carbocycles. The van der Waals surface area contributed by atoms with Crippen LogP contribution >= 0.6 is 0 Å². The number of carboxylic acid groups (broad SMARTS) is 1. The molecule has 0 saturated heterocycles. The molecule has 3 rings (SSSR count). The molecular formula is C16H17NO4. The van der Waals surface area contributed by atoms with E-state index in [9.17, 15) is 14.7 Å². The fourth-order valence-electron chi connectivity index (χ4n) is 3.26. The molecule has 2 bridgehead atoms. The zero-order valence-corrected chi connectivity index (χ0v) is 11.4. The third-order valence-corrected chi connectivity index (χ3v) is 4.24. The highest BCUT2D eigenvalue weighted by molar-refractivity contribution is 5.75. The van der Waals surface area contributed by atoms with E-state index in [0.717, 1.165) is 12.0 Å². The third-order valence-electron chi connectivity index (χ3n) is 4.24. The summed E-state index contributed by atoms with van der Waals surface area (Å²) in [5.41, 5.74) is 0.898. The molecule has 1 fully saturated rings. The Morgan fingerprint density at radius 3 is 2.62 bits per heavy atom. The molecule has 5 nitrogen and oxygen atoms in total. The number of allylic oxidation sites excluding steroid dienone is 1. The molecule has 2 aliphatic rings. The second-order valence-electron chi connectivity index (χ2n) is 5.54. The minimum Gasteiger partial charge on any atom is -0.481 e. The lowest BCUT2D eigenvalue weighted by Crippen LogP contribution is -2.45. The summed E-state index contributed by atoms with van der Waals surface area (Å²) in [6.45, 7) is 0.182. The Kier molecular flexibility index (Phi) is 3.64. The summed E-state index contributed by atoms with van der Waals surface area (Å²) in [5, 5.41) is 12.0. The van der Waals surface area contributed by atoms with Crippen LogP contribution in [0.25, 0.3) is 0 Å². The average Bonchev–Trinajstić information content (AvgIpc) is 3.07. The topological polar surface area (TPSA) is 75.6 Å². The Morgan fingerprint density at radius 2 is 1.90 bits per heavy atom. The van der Waals surface area contributed by atoms with Crippen LogP contribution in [-0.2, 0) is 16.1 Å². The molecule has 1 saturated carbocycles. The number of fused-ring (bicyclic) bond motifs is 2. The lowest BCUT2D eigenvalue weighted by molar-refractivity contribution is -0.143. The highest BCUT2D eigenvalue weighted by atomic mass is 16.5. The van der Waals surface area contributed by atoms with Gasteiger partial charge in [0.15, 0.2) is 0 Å². The number of benzene rings is 1. The van der Waals surface area contributed by atoms with Crippen molar-refractivity contribution >= 4 is 12.1 Å². The predicted octanol–water partition coefficient (Wildman–Crippen LogP) is 2.19. The largest absolute Gasteiger partial charge is 0.481 e. The predicted molar refractivity (Wildman–Crippen MR) is 75.4 cm³/mol. The maximum Gasteiger partial charge on any atom is 0.407 e. The van der Waals surface area contributed by atoms with Crippen LogP contribution in [0.1, 0.15) is 12.0 Å². The van der Waals surface area contributed by atoms with Gasteiger partial charge in [-0.15, -0.1) is 0 Å². The molecule has 1 aromatic rings. The monoisotopic (exact) mass is 287 g/mol. The van der Waals surface area contributed by atoms with E-state index in [1.807, 2.05) is 42.5 Å². The van der Waals surface area contributed by atoms with E-state index < -0.39 is 18.0 Å². The van der Waals surface area contributed by atoms with Gasteiger partial charge in [-0.05, 0) is 23.8 Å². The van der Waals surface area contributed by atoms with E-state index in [4.69, 9.17) is 4.74 Å². The highest BCUT2D eigenvalue weighted by Crippen LogP contribution is 2.43. The van der Waals surface area contributed by atoms with Crippen molar-refractivity contribution in [3.63, 3.8) is 0 Å². The number of amides is 1. The Hall–Kier alpha value is -2.30. The fraction of sp³-hybridized carbons (Fsp3) is 0.375. The zero-order chi connectivity index (χ0) is 14.8. The standard InChI is InChI=1S/C16H17NO4/c18-15(19)13-11-6-7-12(8-11)14(13)17-16(20)21-9-10-4-2-1-3-5-10/h1-7,11-14H,8-9H2,(H,17,20)(H,18,19)/t11-,12+,13-,14-/m1/s1. The molecule has 0 aromatic heterocycles. The van der Waals surface area contributed by atoms with Gasteiger partial charge in [0.05, 0.1) is 12.0 Å². The van der Waals surface area contributed by atoms with E-state index in [2.05, 4.69) is 5.32 Å². The number of ether oxygens (including phenoxy) is 1. The van der Waals surface area contributed by atoms with Crippen molar-refractivity contribution in [2.24, 2.45) is 17.8 Å². The average molecular weight is 287 g/mol. The summed E-state index contributed by atoms with van der Waals surface area (Å²) in [6, 6.07) is 9.00. The van der Waals surface area contributed by atoms with Crippen LogP contribution in [-0.4, -0.2) is 23.2 Å². The smallest absolute Gasteiger partial charge is 0.407 e. The van der Waals surface area contributed by atoms with Gasteiger partial charge < -0.3 is 15.2 Å². The van der Waals surface area contributed by atoms with Gasteiger partial charge in [0, 0.05) is 0 Å². The first kappa shape index (κ1) is 13.7. The highest BCUT2D eigenvalue weighted by Gasteiger charge is 2.49. The number of aliphatic carboxylic acids is 1. The Labute approximate surface area is 122 Å². The number of nitrogens with one attached hydrogen (secondary N) is 1. The van der Waals surface area contributed by atoms with E-state index in [-0.39, 0.29) is 24.5 Å². The first-order chi connectivity index (χ1) is 10.1. The van der Waals surface area contributed by atoms with E-state index in [1.165, 1.54) is 0 Å². The Bertz CT molecular complexity index is 569. The minimum atomic E-state index is -0.861. The van der Waals surface area contributed by atoms with Gasteiger partial charge in [-0.25, -0.2) is 4.79 Å². The van der Waals surface area contributed by atoms with Crippen LogP contribution in [0.2, 0.25) is 0 Å². The molecule has 2 N–H and O–H groups in total. The summed E-state index contributed by atoms with van der Waals surface area (Å²) in [7, 11) is 0. The summed E-state index contributed by atoms with van der Waals surface area (Å²) >= 11 is 0. The SMILES string of the molecule is O=C(N[C@H]1[C@H](C(=O)O)[C@@H]2C=C[C@H]1C2)OCc1ccccc1. The molecule has 0 unspecified atom stereocenters. The second-order valence-corrected chi connectivity index (χ2v) is 5.54. The fourth-order valence-corrected chi connectivity index (χ4v) is 3.26. The van der Waals surface area contributed by atoms with E-state index in [0.29, 0.717) is 0 Å². The number of carboxylic acids is 1. The van der Waals surface area contributed by atoms with Crippen molar-refractivity contribution in [1.82, 2.24) is 5.32 Å². The molecule has 4 atom stereocenters. The summed E-state index contributed by atoms with van der Waals surface area (Å²) in [4.78, 5) is 23.2. The molecule has 5 heteroatoms. The Morgan fingerprint density at radius 1 is 1.19 bits per heavy atom. The van der Waals surface area contributed by atoms with Crippen LogP contribution in [0.3, 0.4) is 0 Å². The second kappa shape index (κ2) is 5.60. The number of hydrogen-bond acceptors (Lipinski definition) is 3. The Balaban J connectivity index is 1.57. The van der Waals surface area contributed by atoms with E-state index in [1.54, 1.807) is 0 Å². The van der Waals surface area contributed by atoms with Gasteiger partial charge in [0.25, 0.3) is 0 Å². The van der Waals surface area contributed by atoms with Crippen molar-refractivity contribution in [2.45, 2.75) is 19.1 Å². The van der Waals surface area contributed by atoms with Gasteiger partial charge >= 0.3 is 12.1 Å². The summed E-state index contributed by atoms with van der Waals surface area (Å²) < 4.78 is 5.16. The van der Waals surface area contributed by atoms with Gasteiger partial charge in [-0.2, -0.15) is 0 Å². The number of rotatable bonds is 4. The summed E-state index contributed by atoms with van der Waals surface area (Å²) in [6.07, 6.45) is 4.17. The zero-order valence-electron chi connectivity index (χ0n) is 11.4. The number of carbonyl (C=O) groups is 2. The van der Waals surface area contributed by atoms with Crippen LogP contribution in [0, 0.1) is 17.8 Å². The normalized spacial score (nSPS) is 29.3. The molecule has 2 aliphatic carbocycles. The number of alkyl carbamates (subject to hydrolysis) is 1. The lowest BCUT2D eigenvalue weighted by Gasteiger charge is -2.25. The van der Waals surface area contributed by atoms with E-state index >= 15 is 0 Å². The van der Waals surface area contributed by atoms with Crippen molar-refractivity contribution < 1.29 is 19.4 Å². The molecule has 1 amide bonds. The van der Waals surface area contributed by atoms with Crippen molar-refractivity contribution in [2.75, 3.05) is 0 Å². The van der Waals surface area contributed by atoms with Crippen molar-refractivity contribution in [1.29, 1.82) is 0 Å². The maximum absolute atomic E-state index is 11.9. The first-order valence-electron chi connectivity index (χ1n) is 7.03. The molecule has 0 aliphatic heterocycles. The van der Waals surface area contributed by atoms with Gasteiger partial charge in [0.2, 0.25) is 0 Å². The number of carbonyl (C=O) groups excluding carboxylic acids is 1. The summed E-state index contributed by atoms with van der Waals surface area (Å²) in [5.74, 6) is -1.29. The molecule has 0 radical (unpaired) electrons. The van der Waals surface area contributed by atoms with Crippen LogP contribution in [0.15, 0.2) is 42.5 Å². The molecule has 21 heavy (non-hydrogen) atoms. The van der Waals surface area contributed by atoms with Crippen LogP contribution < -0.4 is 5.32 Å². The van der Waals surface area contributed by atoms with Crippen molar-refractivity contribution in [3.8, 4) is 0 Å². The van der Waals surface area contributed by atoms with Crippen molar-refractivity contribution in [3.05, 3.63) is 48.0 Å². The van der Waals surface area contributed by atoms with Crippen LogP contribution in [0.4, 0.5) is 4.79 Å². The first-order valence-corrected chi connectivity index (χ1v) is 7.03. The number of hydrogen-bond donors (Lipinski definition) is 2. The molecule has 0 heterocycles. The van der Waals surface area contributed by atoms with Crippen LogP contribution in [0.5, 0.6) is 0 Å². The quantitative estimate of drug-likeness (QED) is 0.832. The van der Waals surface area contributed by atoms with Gasteiger partial charge in [0.1, 0.15) is 6.61 Å². The molecule has 110 valence electrons. The molecular weight excluding hydrogens is 270 g/mol. The minimum absolute atomic E-state index is 0.0203. The lowest BCUT2D eigenvalue weighted by atomic mass is 9.89. The van der Waals surface area contributed by atoms with Gasteiger partial charge in [-0.3, -0.25) is 4.79 Å².